The number of benzene rings is 1. The molecular formula is C13H15NOS. The first-order valence-corrected chi connectivity index (χ1v) is 6.80. The second-order valence-electron chi connectivity index (χ2n) is 4.59. The van der Waals surface area contributed by atoms with Crippen LogP contribution in [-0.4, -0.2) is 34.8 Å². The minimum absolute atomic E-state index is 0.745. The normalized spacial score (nSPS) is 28.5. The molecule has 0 spiro atoms. The van der Waals surface area contributed by atoms with Crippen molar-refractivity contribution in [2.75, 3.05) is 12.3 Å². The third kappa shape index (κ3) is 1.78. The molecule has 0 aliphatic carbocycles. The van der Waals surface area contributed by atoms with Gasteiger partial charge in [-0.2, -0.15) is 11.8 Å². The van der Waals surface area contributed by atoms with Crippen LogP contribution in [0.5, 0.6) is 0 Å². The first kappa shape index (κ1) is 10.4. The molecule has 0 aromatic heterocycles. The summed E-state index contributed by atoms with van der Waals surface area (Å²) in [6.07, 6.45) is 2.31. The highest BCUT2D eigenvalue weighted by Gasteiger charge is 2.38. The molecule has 0 radical (unpaired) electrons. The largest absolute Gasteiger partial charge is 0.298 e. The fraction of sp³-hybridized carbons (Fsp3) is 0.462. The van der Waals surface area contributed by atoms with E-state index in [0.29, 0.717) is 0 Å². The molecule has 1 aromatic carbocycles. The molecule has 2 aliphatic rings. The molecule has 3 rings (SSSR count). The molecule has 0 amide bonds. The summed E-state index contributed by atoms with van der Waals surface area (Å²) in [7, 11) is 0. The van der Waals surface area contributed by atoms with Gasteiger partial charge in [-0.25, -0.2) is 0 Å². The first-order valence-electron chi connectivity index (χ1n) is 5.75. The van der Waals surface area contributed by atoms with Gasteiger partial charge in [-0.05, 0) is 12.0 Å². The van der Waals surface area contributed by atoms with Gasteiger partial charge in [-0.15, -0.1) is 0 Å². The van der Waals surface area contributed by atoms with Gasteiger partial charge in [0.1, 0.15) is 6.29 Å². The standard InChI is InChI=1S/C13H15NOS/c15-8-11-4-2-1-3-10(11)6-14-7-13-5-12(14)9-16-13/h1-4,8,12-13H,5-7,9H2. The van der Waals surface area contributed by atoms with E-state index in [4.69, 9.17) is 0 Å². The Labute approximate surface area is 100 Å². The van der Waals surface area contributed by atoms with Crippen LogP contribution in [0.3, 0.4) is 0 Å². The number of rotatable bonds is 3. The Kier molecular flexibility index (Phi) is 2.74. The fourth-order valence-electron chi connectivity index (χ4n) is 2.68. The van der Waals surface area contributed by atoms with Crippen LogP contribution in [0, 0.1) is 0 Å². The van der Waals surface area contributed by atoms with E-state index in [9.17, 15) is 4.79 Å². The summed E-state index contributed by atoms with van der Waals surface area (Å²) in [5.41, 5.74) is 2.02. The van der Waals surface area contributed by atoms with Gasteiger partial charge in [0, 0.05) is 35.7 Å². The molecule has 2 saturated heterocycles. The number of hydrogen-bond donors (Lipinski definition) is 0. The summed E-state index contributed by atoms with van der Waals surface area (Å²) in [5.74, 6) is 1.27. The lowest BCUT2D eigenvalue weighted by Crippen LogP contribution is -2.33. The number of carbonyl (C=O) groups is 1. The van der Waals surface area contributed by atoms with Gasteiger partial charge in [-0.1, -0.05) is 24.3 Å². The number of fused-ring (bicyclic) bond motifs is 2. The van der Waals surface area contributed by atoms with Crippen molar-refractivity contribution < 1.29 is 4.79 Å². The third-order valence-electron chi connectivity index (χ3n) is 3.57. The van der Waals surface area contributed by atoms with Gasteiger partial charge in [0.25, 0.3) is 0 Å². The van der Waals surface area contributed by atoms with Crippen molar-refractivity contribution >= 4 is 18.0 Å². The molecule has 2 aliphatic heterocycles. The van der Waals surface area contributed by atoms with Crippen molar-refractivity contribution in [3.63, 3.8) is 0 Å². The molecule has 2 heterocycles. The summed E-state index contributed by atoms with van der Waals surface area (Å²) in [6.45, 7) is 2.14. The molecule has 16 heavy (non-hydrogen) atoms. The number of aldehydes is 1. The quantitative estimate of drug-likeness (QED) is 0.746. The number of carbonyl (C=O) groups excluding carboxylic acids is 1. The Morgan fingerprint density at radius 2 is 2.31 bits per heavy atom. The van der Waals surface area contributed by atoms with E-state index < -0.39 is 0 Å². The highest BCUT2D eigenvalue weighted by molar-refractivity contribution is 8.00. The maximum Gasteiger partial charge on any atom is 0.150 e. The summed E-state index contributed by atoms with van der Waals surface area (Å²) < 4.78 is 0. The maximum atomic E-state index is 10.9. The highest BCUT2D eigenvalue weighted by atomic mass is 32.2. The van der Waals surface area contributed by atoms with Crippen LogP contribution in [-0.2, 0) is 6.54 Å². The van der Waals surface area contributed by atoms with E-state index in [-0.39, 0.29) is 0 Å². The lowest BCUT2D eigenvalue weighted by atomic mass is 10.1. The topological polar surface area (TPSA) is 20.3 Å². The summed E-state index contributed by atoms with van der Waals surface area (Å²) in [4.78, 5) is 13.5. The third-order valence-corrected chi connectivity index (χ3v) is 4.96. The van der Waals surface area contributed by atoms with E-state index in [1.807, 2.05) is 18.2 Å². The smallest absolute Gasteiger partial charge is 0.150 e. The lowest BCUT2D eigenvalue weighted by molar-refractivity contribution is 0.112. The molecule has 1 aromatic rings. The van der Waals surface area contributed by atoms with Crippen LogP contribution in [0.1, 0.15) is 22.3 Å². The van der Waals surface area contributed by atoms with Crippen LogP contribution in [0.25, 0.3) is 0 Å². The fourth-order valence-corrected chi connectivity index (χ4v) is 4.18. The zero-order valence-corrected chi connectivity index (χ0v) is 9.95. The Bertz CT molecular complexity index is 407. The number of hydrogen-bond acceptors (Lipinski definition) is 3. The number of thioether (sulfide) groups is 1. The van der Waals surface area contributed by atoms with Gasteiger partial charge in [0.2, 0.25) is 0 Å². The molecule has 3 heteroatoms. The van der Waals surface area contributed by atoms with Crippen LogP contribution in [0.15, 0.2) is 24.3 Å². The Morgan fingerprint density at radius 1 is 1.44 bits per heavy atom. The van der Waals surface area contributed by atoms with Crippen molar-refractivity contribution in [2.24, 2.45) is 0 Å². The van der Waals surface area contributed by atoms with Crippen LogP contribution in [0.2, 0.25) is 0 Å². The van der Waals surface area contributed by atoms with Gasteiger partial charge >= 0.3 is 0 Å². The van der Waals surface area contributed by atoms with E-state index in [0.717, 1.165) is 29.7 Å². The molecule has 2 fully saturated rings. The van der Waals surface area contributed by atoms with Gasteiger partial charge in [-0.3, -0.25) is 9.69 Å². The zero-order valence-electron chi connectivity index (χ0n) is 9.13. The Morgan fingerprint density at radius 3 is 3.00 bits per heavy atom. The van der Waals surface area contributed by atoms with Crippen LogP contribution in [0.4, 0.5) is 0 Å². The molecule has 2 atom stereocenters. The van der Waals surface area contributed by atoms with Crippen molar-refractivity contribution in [3.8, 4) is 0 Å². The number of nitrogens with zero attached hydrogens (tertiary/aromatic N) is 1. The predicted molar refractivity (Wildman–Crippen MR) is 66.9 cm³/mol. The van der Waals surface area contributed by atoms with Gasteiger partial charge in [0.05, 0.1) is 0 Å². The predicted octanol–water partition coefficient (Wildman–Crippen LogP) is 2.19. The van der Waals surface area contributed by atoms with E-state index in [1.165, 1.54) is 24.3 Å². The van der Waals surface area contributed by atoms with E-state index >= 15 is 0 Å². The first-order chi connectivity index (χ1) is 7.86. The van der Waals surface area contributed by atoms with Crippen molar-refractivity contribution in [3.05, 3.63) is 35.4 Å². The van der Waals surface area contributed by atoms with Crippen molar-refractivity contribution in [1.82, 2.24) is 4.90 Å². The highest BCUT2D eigenvalue weighted by Crippen LogP contribution is 2.38. The monoisotopic (exact) mass is 233 g/mol. The second-order valence-corrected chi connectivity index (χ2v) is 5.92. The van der Waals surface area contributed by atoms with Crippen LogP contribution >= 0.6 is 11.8 Å². The zero-order chi connectivity index (χ0) is 11.0. The lowest BCUT2D eigenvalue weighted by Gasteiger charge is -2.26. The van der Waals surface area contributed by atoms with Crippen LogP contribution < -0.4 is 0 Å². The second kappa shape index (κ2) is 4.22. The minimum atomic E-state index is 0.745. The summed E-state index contributed by atoms with van der Waals surface area (Å²) >= 11 is 2.11. The average molecular weight is 233 g/mol. The number of likely N-dealkylation sites (tertiary alicyclic amines) is 1. The summed E-state index contributed by atoms with van der Waals surface area (Å²) in [6, 6.07) is 8.67. The van der Waals surface area contributed by atoms with Crippen molar-refractivity contribution in [1.29, 1.82) is 0 Å². The molecule has 2 bridgehead atoms. The molecule has 2 unspecified atom stereocenters. The molecular weight excluding hydrogens is 218 g/mol. The van der Waals surface area contributed by atoms with E-state index in [1.54, 1.807) is 0 Å². The van der Waals surface area contributed by atoms with E-state index in [2.05, 4.69) is 22.7 Å². The maximum absolute atomic E-state index is 10.9. The minimum Gasteiger partial charge on any atom is -0.298 e. The Hall–Kier alpha value is -0.800. The average Bonchev–Trinajstić information content (AvgIpc) is 2.92. The van der Waals surface area contributed by atoms with Gasteiger partial charge in [0.15, 0.2) is 0 Å². The SMILES string of the molecule is O=Cc1ccccc1CN1CC2CC1CS2. The molecule has 84 valence electrons. The van der Waals surface area contributed by atoms with Gasteiger partial charge < -0.3 is 0 Å². The molecule has 2 nitrogen and oxygen atoms in total. The Balaban J connectivity index is 1.76. The molecule has 0 saturated carbocycles. The van der Waals surface area contributed by atoms with Crippen molar-refractivity contribution in [2.45, 2.75) is 24.3 Å². The molecule has 0 N–H and O–H groups in total. The summed E-state index contributed by atoms with van der Waals surface area (Å²) in [5, 5.41) is 0.841.